The van der Waals surface area contributed by atoms with Crippen LogP contribution in [0.4, 0.5) is 0 Å². The standard InChI is InChI=1S/C12H8N2O/c13-6-1-2-9-3-4-11-10(8-9)12(15)5-7-14-11/h1-5,7-8H,(H,14,15)/b2-1+. The van der Waals surface area contributed by atoms with Gasteiger partial charge < -0.3 is 5.11 Å². The molecule has 2 aromatic rings. The smallest absolute Gasteiger partial charge is 0.126 e. The molecule has 3 nitrogen and oxygen atoms in total. The second-order valence-corrected chi connectivity index (χ2v) is 3.07. The number of benzene rings is 1. The minimum absolute atomic E-state index is 0.201. The fourth-order valence-electron chi connectivity index (χ4n) is 1.39. The highest BCUT2D eigenvalue weighted by Crippen LogP contribution is 2.23. The summed E-state index contributed by atoms with van der Waals surface area (Å²) in [6.07, 6.45) is 4.64. The van der Waals surface area contributed by atoms with Gasteiger partial charge in [-0.1, -0.05) is 6.07 Å². The maximum atomic E-state index is 9.59. The molecule has 0 bridgehead atoms. The van der Waals surface area contributed by atoms with Crippen molar-refractivity contribution in [2.24, 2.45) is 0 Å². The van der Waals surface area contributed by atoms with E-state index in [1.807, 2.05) is 18.2 Å². The van der Waals surface area contributed by atoms with E-state index in [0.29, 0.717) is 5.39 Å². The quantitative estimate of drug-likeness (QED) is 0.713. The SMILES string of the molecule is N#C/C=C/c1ccc2nccc(O)c2c1. The van der Waals surface area contributed by atoms with Crippen molar-refractivity contribution in [3.05, 3.63) is 42.1 Å². The summed E-state index contributed by atoms with van der Waals surface area (Å²) < 4.78 is 0. The summed E-state index contributed by atoms with van der Waals surface area (Å²) in [6, 6.07) is 8.92. The van der Waals surface area contributed by atoms with Gasteiger partial charge in [0.05, 0.1) is 11.6 Å². The number of aromatic nitrogens is 1. The Morgan fingerprint density at radius 3 is 3.00 bits per heavy atom. The van der Waals surface area contributed by atoms with Crippen LogP contribution in [0.1, 0.15) is 5.56 Å². The third-order valence-corrected chi connectivity index (χ3v) is 2.09. The molecule has 0 spiro atoms. The largest absolute Gasteiger partial charge is 0.507 e. The highest BCUT2D eigenvalue weighted by Gasteiger charge is 1.99. The van der Waals surface area contributed by atoms with Crippen LogP contribution in [-0.4, -0.2) is 10.1 Å². The normalized spacial score (nSPS) is 10.6. The van der Waals surface area contributed by atoms with Crippen molar-refractivity contribution in [2.75, 3.05) is 0 Å². The predicted molar refractivity (Wildman–Crippen MR) is 58.1 cm³/mol. The molecule has 3 heteroatoms. The topological polar surface area (TPSA) is 56.9 Å². The van der Waals surface area contributed by atoms with Crippen LogP contribution in [0, 0.1) is 11.3 Å². The van der Waals surface area contributed by atoms with Gasteiger partial charge in [0.1, 0.15) is 5.75 Å². The Bertz CT molecular complexity index is 567. The average Bonchev–Trinajstić information content (AvgIpc) is 2.27. The highest BCUT2D eigenvalue weighted by atomic mass is 16.3. The number of aromatic hydroxyl groups is 1. The highest BCUT2D eigenvalue weighted by molar-refractivity contribution is 5.86. The molecular weight excluding hydrogens is 188 g/mol. The minimum atomic E-state index is 0.201. The summed E-state index contributed by atoms with van der Waals surface area (Å²) in [6.45, 7) is 0. The first-order chi connectivity index (χ1) is 7.31. The van der Waals surface area contributed by atoms with E-state index in [0.717, 1.165) is 11.1 Å². The Morgan fingerprint density at radius 1 is 1.33 bits per heavy atom. The van der Waals surface area contributed by atoms with Crippen molar-refractivity contribution in [2.45, 2.75) is 0 Å². The number of rotatable bonds is 1. The molecule has 0 radical (unpaired) electrons. The maximum Gasteiger partial charge on any atom is 0.126 e. The first-order valence-corrected chi connectivity index (χ1v) is 4.45. The van der Waals surface area contributed by atoms with Gasteiger partial charge in [-0.15, -0.1) is 0 Å². The number of allylic oxidation sites excluding steroid dienone is 1. The van der Waals surface area contributed by atoms with Gasteiger partial charge in [0.15, 0.2) is 0 Å². The van der Waals surface area contributed by atoms with E-state index >= 15 is 0 Å². The van der Waals surface area contributed by atoms with Gasteiger partial charge in [-0.05, 0) is 29.8 Å². The van der Waals surface area contributed by atoms with Crippen LogP contribution < -0.4 is 0 Å². The molecule has 0 aliphatic carbocycles. The molecule has 0 aliphatic heterocycles. The summed E-state index contributed by atoms with van der Waals surface area (Å²) in [5.74, 6) is 0.201. The second kappa shape index (κ2) is 3.81. The number of nitriles is 1. The molecule has 0 amide bonds. The molecule has 1 heterocycles. The van der Waals surface area contributed by atoms with Gasteiger partial charge in [-0.2, -0.15) is 5.26 Å². The summed E-state index contributed by atoms with van der Waals surface area (Å²) in [5, 5.41) is 18.7. The molecule has 1 aromatic carbocycles. The Labute approximate surface area is 86.9 Å². The first kappa shape index (κ1) is 9.22. The zero-order chi connectivity index (χ0) is 10.7. The number of fused-ring (bicyclic) bond motifs is 1. The Hall–Kier alpha value is -2.34. The van der Waals surface area contributed by atoms with Crippen LogP contribution in [0.15, 0.2) is 36.5 Å². The van der Waals surface area contributed by atoms with E-state index in [2.05, 4.69) is 4.98 Å². The van der Waals surface area contributed by atoms with Gasteiger partial charge in [0.2, 0.25) is 0 Å². The molecule has 1 N–H and O–H groups in total. The summed E-state index contributed by atoms with van der Waals surface area (Å²) in [5.41, 5.74) is 1.61. The zero-order valence-electron chi connectivity index (χ0n) is 7.88. The number of hydrogen-bond acceptors (Lipinski definition) is 3. The van der Waals surface area contributed by atoms with Crippen molar-refractivity contribution >= 4 is 17.0 Å². The summed E-state index contributed by atoms with van der Waals surface area (Å²) in [4.78, 5) is 4.11. The maximum absolute atomic E-state index is 9.59. The molecule has 15 heavy (non-hydrogen) atoms. The molecule has 2 rings (SSSR count). The number of nitrogens with zero attached hydrogens (tertiary/aromatic N) is 2. The lowest BCUT2D eigenvalue weighted by atomic mass is 10.1. The summed E-state index contributed by atoms with van der Waals surface area (Å²) >= 11 is 0. The van der Waals surface area contributed by atoms with Crippen molar-refractivity contribution in [1.82, 2.24) is 4.98 Å². The van der Waals surface area contributed by atoms with Crippen LogP contribution in [-0.2, 0) is 0 Å². The van der Waals surface area contributed by atoms with E-state index in [1.54, 1.807) is 24.4 Å². The van der Waals surface area contributed by atoms with Gasteiger partial charge in [0, 0.05) is 17.7 Å². The van der Waals surface area contributed by atoms with Crippen molar-refractivity contribution < 1.29 is 5.11 Å². The molecule has 0 saturated heterocycles. The number of pyridine rings is 1. The first-order valence-electron chi connectivity index (χ1n) is 4.45. The van der Waals surface area contributed by atoms with E-state index in [4.69, 9.17) is 5.26 Å². The van der Waals surface area contributed by atoms with Gasteiger partial charge >= 0.3 is 0 Å². The summed E-state index contributed by atoms with van der Waals surface area (Å²) in [7, 11) is 0. The van der Waals surface area contributed by atoms with E-state index in [9.17, 15) is 5.11 Å². The number of hydrogen-bond donors (Lipinski definition) is 1. The molecule has 0 aliphatic rings. The van der Waals surface area contributed by atoms with Crippen LogP contribution in [0.3, 0.4) is 0 Å². The van der Waals surface area contributed by atoms with Gasteiger partial charge in [-0.3, -0.25) is 4.98 Å². The third kappa shape index (κ3) is 1.79. The fourth-order valence-corrected chi connectivity index (χ4v) is 1.39. The van der Waals surface area contributed by atoms with Crippen molar-refractivity contribution in [1.29, 1.82) is 5.26 Å². The van der Waals surface area contributed by atoms with Crippen LogP contribution >= 0.6 is 0 Å². The van der Waals surface area contributed by atoms with Crippen LogP contribution in [0.25, 0.3) is 17.0 Å². The lowest BCUT2D eigenvalue weighted by Gasteiger charge is -2.00. The van der Waals surface area contributed by atoms with Crippen molar-refractivity contribution in [3.63, 3.8) is 0 Å². The van der Waals surface area contributed by atoms with E-state index in [-0.39, 0.29) is 5.75 Å². The minimum Gasteiger partial charge on any atom is -0.507 e. The predicted octanol–water partition coefficient (Wildman–Crippen LogP) is 2.48. The molecule has 0 unspecified atom stereocenters. The Kier molecular flexibility index (Phi) is 2.34. The lowest BCUT2D eigenvalue weighted by Crippen LogP contribution is -1.80. The monoisotopic (exact) mass is 196 g/mol. The van der Waals surface area contributed by atoms with E-state index in [1.165, 1.54) is 6.08 Å². The Balaban J connectivity index is 2.60. The van der Waals surface area contributed by atoms with Crippen molar-refractivity contribution in [3.8, 4) is 11.8 Å². The second-order valence-electron chi connectivity index (χ2n) is 3.07. The molecule has 0 saturated carbocycles. The average molecular weight is 196 g/mol. The molecule has 0 fully saturated rings. The molecule has 72 valence electrons. The fraction of sp³-hybridized carbons (Fsp3) is 0. The van der Waals surface area contributed by atoms with Gasteiger partial charge in [0.25, 0.3) is 0 Å². The zero-order valence-corrected chi connectivity index (χ0v) is 7.88. The van der Waals surface area contributed by atoms with E-state index < -0.39 is 0 Å². The Morgan fingerprint density at radius 2 is 2.20 bits per heavy atom. The van der Waals surface area contributed by atoms with Gasteiger partial charge in [-0.25, -0.2) is 0 Å². The third-order valence-electron chi connectivity index (χ3n) is 2.09. The van der Waals surface area contributed by atoms with Crippen LogP contribution in [0.5, 0.6) is 5.75 Å². The lowest BCUT2D eigenvalue weighted by molar-refractivity contribution is 0.481. The molecule has 0 atom stereocenters. The van der Waals surface area contributed by atoms with Crippen LogP contribution in [0.2, 0.25) is 0 Å². The molecular formula is C12H8N2O. The molecule has 1 aromatic heterocycles.